The molecule has 2 N–H and O–H groups in total. The Bertz CT molecular complexity index is 352. The Morgan fingerprint density at radius 1 is 1.53 bits per heavy atom. The number of aryl methyl sites for hydroxylation is 1. The molecule has 1 aromatic rings. The van der Waals surface area contributed by atoms with Crippen molar-refractivity contribution in [2.24, 2.45) is 0 Å². The number of alkyl halides is 1. The first-order valence-electron chi connectivity index (χ1n) is 4.79. The number of nitrogens with one attached hydrogen (secondary N) is 1. The molecule has 0 bridgehead atoms. The summed E-state index contributed by atoms with van der Waals surface area (Å²) in [5, 5.41) is 12.2. The number of carbonyl (C=O) groups excluding carboxylic acids is 1. The quantitative estimate of drug-likeness (QED) is 0.509. The number of rotatable bonds is 4. The molecule has 1 amide bonds. The number of phenols is 1. The predicted molar refractivity (Wildman–Crippen MR) is 69.6 cm³/mol. The number of aromatic hydroxyl groups is 1. The van der Waals surface area contributed by atoms with E-state index in [0.717, 1.165) is 16.4 Å². The lowest BCUT2D eigenvalue weighted by molar-refractivity contribution is -0.116. The molecule has 0 aromatic heterocycles. The van der Waals surface area contributed by atoms with Crippen LogP contribution in [0.5, 0.6) is 5.75 Å². The molecule has 0 aliphatic carbocycles. The summed E-state index contributed by atoms with van der Waals surface area (Å²) in [6.45, 7) is 1.92. The van der Waals surface area contributed by atoms with Gasteiger partial charge >= 0.3 is 0 Å². The number of phenolic OH excluding ortho intramolecular Hbond substituents is 1. The second-order valence-corrected chi connectivity index (χ2v) is 4.44. The zero-order valence-electron chi connectivity index (χ0n) is 8.59. The average Bonchev–Trinajstić information content (AvgIpc) is 2.20. The second kappa shape index (κ2) is 5.95. The van der Waals surface area contributed by atoms with Gasteiger partial charge < -0.3 is 10.4 Å². The van der Waals surface area contributed by atoms with E-state index in [1.54, 1.807) is 18.2 Å². The van der Waals surface area contributed by atoms with Gasteiger partial charge in [0.05, 0.1) is 5.69 Å². The summed E-state index contributed by atoms with van der Waals surface area (Å²) in [5.41, 5.74) is 1.51. The first-order valence-corrected chi connectivity index (χ1v) is 6.31. The average molecular weight is 319 g/mol. The molecule has 0 spiro atoms. The van der Waals surface area contributed by atoms with Crippen LogP contribution in [0, 0.1) is 6.92 Å². The van der Waals surface area contributed by atoms with Gasteiger partial charge in [0.2, 0.25) is 5.91 Å². The first-order chi connectivity index (χ1) is 7.13. The minimum absolute atomic E-state index is 0.0485. The molecule has 0 saturated carbocycles. The molecular weight excluding hydrogens is 305 g/mol. The highest BCUT2D eigenvalue weighted by molar-refractivity contribution is 14.1. The van der Waals surface area contributed by atoms with Gasteiger partial charge in [-0.15, -0.1) is 0 Å². The third kappa shape index (κ3) is 4.07. The van der Waals surface area contributed by atoms with Crippen molar-refractivity contribution in [3.8, 4) is 5.75 Å². The lowest BCUT2D eigenvalue weighted by Crippen LogP contribution is -2.11. The molecule has 1 aromatic carbocycles. The maximum absolute atomic E-state index is 11.4. The standard InChI is InChI=1S/C11H14INO2/c1-8-4-5-10(14)9(7-8)13-11(15)3-2-6-12/h4-5,7,14H,2-3,6H2,1H3,(H,13,15). The highest BCUT2D eigenvalue weighted by Gasteiger charge is 2.05. The van der Waals surface area contributed by atoms with E-state index in [-0.39, 0.29) is 11.7 Å². The van der Waals surface area contributed by atoms with Crippen molar-refractivity contribution >= 4 is 34.2 Å². The lowest BCUT2D eigenvalue weighted by atomic mass is 10.2. The summed E-state index contributed by atoms with van der Waals surface area (Å²) in [6, 6.07) is 5.15. The molecule has 0 atom stereocenters. The van der Waals surface area contributed by atoms with Crippen LogP contribution < -0.4 is 5.32 Å². The zero-order chi connectivity index (χ0) is 11.3. The number of halogens is 1. The number of anilines is 1. The molecule has 1 rings (SSSR count). The van der Waals surface area contributed by atoms with Crippen LogP contribution >= 0.6 is 22.6 Å². The predicted octanol–water partition coefficient (Wildman–Crippen LogP) is 2.85. The van der Waals surface area contributed by atoms with Crippen molar-refractivity contribution in [1.29, 1.82) is 0 Å². The van der Waals surface area contributed by atoms with Crippen LogP contribution in [-0.4, -0.2) is 15.4 Å². The van der Waals surface area contributed by atoms with Gasteiger partial charge in [0, 0.05) is 10.8 Å². The second-order valence-electron chi connectivity index (χ2n) is 3.36. The molecule has 15 heavy (non-hydrogen) atoms. The Labute approximate surface area is 103 Å². The Kier molecular flexibility index (Phi) is 4.87. The molecule has 0 saturated heterocycles. The van der Waals surface area contributed by atoms with Crippen LogP contribution in [0.25, 0.3) is 0 Å². The molecule has 0 radical (unpaired) electrons. The monoisotopic (exact) mass is 319 g/mol. The molecule has 4 heteroatoms. The fourth-order valence-corrected chi connectivity index (χ4v) is 1.57. The molecule has 82 valence electrons. The maximum Gasteiger partial charge on any atom is 0.224 e. The molecule has 0 heterocycles. The largest absolute Gasteiger partial charge is 0.506 e. The summed E-state index contributed by atoms with van der Waals surface area (Å²) in [4.78, 5) is 11.4. The van der Waals surface area contributed by atoms with Gasteiger partial charge in [0.1, 0.15) is 5.75 Å². The topological polar surface area (TPSA) is 49.3 Å². The fraction of sp³-hybridized carbons (Fsp3) is 0.364. The lowest BCUT2D eigenvalue weighted by Gasteiger charge is -2.07. The van der Waals surface area contributed by atoms with Crippen molar-refractivity contribution in [3.05, 3.63) is 23.8 Å². The maximum atomic E-state index is 11.4. The molecule has 0 aliphatic rings. The van der Waals surface area contributed by atoms with Crippen LogP contribution in [0.1, 0.15) is 18.4 Å². The Morgan fingerprint density at radius 2 is 2.27 bits per heavy atom. The summed E-state index contributed by atoms with van der Waals surface area (Å²) in [5.74, 6) is 0.0657. The summed E-state index contributed by atoms with van der Waals surface area (Å²) >= 11 is 2.23. The highest BCUT2D eigenvalue weighted by atomic mass is 127. The van der Waals surface area contributed by atoms with E-state index < -0.39 is 0 Å². The minimum Gasteiger partial charge on any atom is -0.506 e. The first kappa shape index (κ1) is 12.3. The Hall–Kier alpha value is -0.780. The van der Waals surface area contributed by atoms with Crippen molar-refractivity contribution in [2.45, 2.75) is 19.8 Å². The van der Waals surface area contributed by atoms with E-state index in [9.17, 15) is 9.90 Å². The van der Waals surface area contributed by atoms with E-state index in [2.05, 4.69) is 27.9 Å². The van der Waals surface area contributed by atoms with Crippen molar-refractivity contribution < 1.29 is 9.90 Å². The number of amides is 1. The van der Waals surface area contributed by atoms with Crippen molar-refractivity contribution in [1.82, 2.24) is 0 Å². The number of hydrogen-bond acceptors (Lipinski definition) is 2. The van der Waals surface area contributed by atoms with Gasteiger partial charge in [-0.05, 0) is 31.0 Å². The number of hydrogen-bond donors (Lipinski definition) is 2. The van der Waals surface area contributed by atoms with E-state index in [1.165, 1.54) is 0 Å². The Balaban J connectivity index is 2.63. The van der Waals surface area contributed by atoms with Gasteiger partial charge in [-0.3, -0.25) is 4.79 Å². The molecule has 0 unspecified atom stereocenters. The van der Waals surface area contributed by atoms with E-state index in [1.807, 2.05) is 6.92 Å². The summed E-state index contributed by atoms with van der Waals surface area (Å²) in [6.07, 6.45) is 1.36. The van der Waals surface area contributed by atoms with Gasteiger partial charge in [-0.25, -0.2) is 0 Å². The minimum atomic E-state index is -0.0485. The summed E-state index contributed by atoms with van der Waals surface area (Å²) in [7, 11) is 0. The van der Waals surface area contributed by atoms with Crippen LogP contribution in [0.2, 0.25) is 0 Å². The van der Waals surface area contributed by atoms with Crippen LogP contribution in [0.4, 0.5) is 5.69 Å². The SMILES string of the molecule is Cc1ccc(O)c(NC(=O)CCCI)c1. The van der Waals surface area contributed by atoms with E-state index >= 15 is 0 Å². The van der Waals surface area contributed by atoms with Gasteiger partial charge in [-0.2, -0.15) is 0 Å². The van der Waals surface area contributed by atoms with Crippen molar-refractivity contribution in [2.75, 3.05) is 9.74 Å². The van der Waals surface area contributed by atoms with E-state index in [4.69, 9.17) is 0 Å². The third-order valence-electron chi connectivity index (χ3n) is 1.96. The van der Waals surface area contributed by atoms with Gasteiger partial charge in [0.25, 0.3) is 0 Å². The normalized spacial score (nSPS) is 10.0. The number of carbonyl (C=O) groups is 1. The number of benzene rings is 1. The fourth-order valence-electron chi connectivity index (χ4n) is 1.19. The van der Waals surface area contributed by atoms with Crippen molar-refractivity contribution in [3.63, 3.8) is 0 Å². The molecule has 3 nitrogen and oxygen atoms in total. The van der Waals surface area contributed by atoms with Crippen LogP contribution in [-0.2, 0) is 4.79 Å². The van der Waals surface area contributed by atoms with Gasteiger partial charge in [-0.1, -0.05) is 28.7 Å². The molecular formula is C11H14INO2. The smallest absolute Gasteiger partial charge is 0.224 e. The zero-order valence-corrected chi connectivity index (χ0v) is 10.7. The van der Waals surface area contributed by atoms with Crippen LogP contribution in [0.15, 0.2) is 18.2 Å². The molecule has 0 aliphatic heterocycles. The van der Waals surface area contributed by atoms with Gasteiger partial charge in [0.15, 0.2) is 0 Å². The third-order valence-corrected chi connectivity index (χ3v) is 2.73. The van der Waals surface area contributed by atoms with E-state index in [0.29, 0.717) is 12.1 Å². The highest BCUT2D eigenvalue weighted by Crippen LogP contribution is 2.23. The summed E-state index contributed by atoms with van der Waals surface area (Å²) < 4.78 is 0.963. The Morgan fingerprint density at radius 3 is 2.93 bits per heavy atom. The van der Waals surface area contributed by atoms with Crippen LogP contribution in [0.3, 0.4) is 0 Å². The molecule has 0 fully saturated rings.